The van der Waals surface area contributed by atoms with Crippen LogP contribution in [-0.4, -0.2) is 13.0 Å². The van der Waals surface area contributed by atoms with E-state index < -0.39 is 5.91 Å². The van der Waals surface area contributed by atoms with Gasteiger partial charge in [0.05, 0.1) is 17.3 Å². The Labute approximate surface area is 127 Å². The number of furan rings is 1. The quantitative estimate of drug-likeness (QED) is 0.865. The molecule has 7 heteroatoms. The summed E-state index contributed by atoms with van der Waals surface area (Å²) in [6, 6.07) is 6.21. The van der Waals surface area contributed by atoms with Gasteiger partial charge in [-0.25, -0.2) is 0 Å². The maximum atomic E-state index is 11.9. The number of amides is 1. The summed E-state index contributed by atoms with van der Waals surface area (Å²) < 4.78 is 10.9. The standard InChI is InChI=1S/C12H8BrCl2NO3/c1-18-11-7(13)4-6(14)5-8(11)16-12(17)9-2-3-10(15)19-9/h2-5H,1H3,(H,16,17). The van der Waals surface area contributed by atoms with Gasteiger partial charge in [-0.3, -0.25) is 4.79 Å². The first-order chi connectivity index (χ1) is 9.01. The molecule has 0 fully saturated rings. The van der Waals surface area contributed by atoms with Gasteiger partial charge in [0, 0.05) is 5.02 Å². The van der Waals surface area contributed by atoms with Crippen molar-refractivity contribution in [1.29, 1.82) is 0 Å². The van der Waals surface area contributed by atoms with Gasteiger partial charge in [0.1, 0.15) is 0 Å². The summed E-state index contributed by atoms with van der Waals surface area (Å²) >= 11 is 14.9. The Bertz CT molecular complexity index is 627. The molecule has 2 aromatic rings. The Kier molecular flexibility index (Phi) is 4.39. The predicted octanol–water partition coefficient (Wildman–Crippen LogP) is 4.61. The van der Waals surface area contributed by atoms with Gasteiger partial charge in [-0.15, -0.1) is 0 Å². The zero-order valence-corrected chi connectivity index (χ0v) is 12.8. The molecule has 1 N–H and O–H groups in total. The highest BCUT2D eigenvalue weighted by molar-refractivity contribution is 9.10. The fourth-order valence-electron chi connectivity index (χ4n) is 1.48. The summed E-state index contributed by atoms with van der Waals surface area (Å²) in [5, 5.41) is 3.24. The van der Waals surface area contributed by atoms with E-state index in [4.69, 9.17) is 32.4 Å². The van der Waals surface area contributed by atoms with Crippen LogP contribution in [0, 0.1) is 0 Å². The maximum absolute atomic E-state index is 11.9. The first-order valence-electron chi connectivity index (χ1n) is 5.11. The van der Waals surface area contributed by atoms with E-state index in [-0.39, 0.29) is 11.0 Å². The Hall–Kier alpha value is -1.17. The first kappa shape index (κ1) is 14.2. The molecule has 0 spiro atoms. The number of carbonyl (C=O) groups excluding carboxylic acids is 1. The monoisotopic (exact) mass is 363 g/mol. The summed E-state index contributed by atoms with van der Waals surface area (Å²) in [5.41, 5.74) is 0.430. The fraction of sp³-hybridized carbons (Fsp3) is 0.0833. The van der Waals surface area contributed by atoms with Gasteiger partial charge >= 0.3 is 0 Å². The third-order valence-corrected chi connectivity index (χ3v) is 3.27. The number of rotatable bonds is 3. The van der Waals surface area contributed by atoms with E-state index in [2.05, 4.69) is 21.2 Å². The Balaban J connectivity index is 2.30. The van der Waals surface area contributed by atoms with Crippen molar-refractivity contribution in [3.8, 4) is 5.75 Å². The molecule has 2 rings (SSSR count). The van der Waals surface area contributed by atoms with Crippen LogP contribution >= 0.6 is 39.1 Å². The number of ether oxygens (including phenoxy) is 1. The average molecular weight is 365 g/mol. The zero-order chi connectivity index (χ0) is 14.0. The lowest BCUT2D eigenvalue weighted by Gasteiger charge is -2.11. The van der Waals surface area contributed by atoms with E-state index in [0.29, 0.717) is 20.9 Å². The number of hydrogen-bond acceptors (Lipinski definition) is 3. The topological polar surface area (TPSA) is 51.5 Å². The number of methoxy groups -OCH3 is 1. The van der Waals surface area contributed by atoms with E-state index >= 15 is 0 Å². The summed E-state index contributed by atoms with van der Waals surface area (Å²) in [6.07, 6.45) is 0. The maximum Gasteiger partial charge on any atom is 0.291 e. The lowest BCUT2D eigenvalue weighted by atomic mass is 10.3. The van der Waals surface area contributed by atoms with Gasteiger partial charge in [0.2, 0.25) is 0 Å². The van der Waals surface area contributed by atoms with Crippen LogP contribution in [0.2, 0.25) is 10.2 Å². The fourth-order valence-corrected chi connectivity index (χ4v) is 2.60. The normalized spacial score (nSPS) is 10.3. The number of carbonyl (C=O) groups is 1. The summed E-state index contributed by atoms with van der Waals surface area (Å²) in [6.45, 7) is 0. The lowest BCUT2D eigenvalue weighted by Crippen LogP contribution is -2.11. The highest BCUT2D eigenvalue weighted by atomic mass is 79.9. The molecule has 100 valence electrons. The molecule has 0 saturated heterocycles. The van der Waals surface area contributed by atoms with Crippen molar-refractivity contribution < 1.29 is 13.9 Å². The van der Waals surface area contributed by atoms with Crippen LogP contribution in [0.25, 0.3) is 0 Å². The van der Waals surface area contributed by atoms with Crippen molar-refractivity contribution in [2.75, 3.05) is 12.4 Å². The van der Waals surface area contributed by atoms with Crippen LogP contribution in [0.3, 0.4) is 0 Å². The van der Waals surface area contributed by atoms with Gasteiger partial charge in [-0.05, 0) is 51.8 Å². The molecule has 0 aliphatic rings. The van der Waals surface area contributed by atoms with Gasteiger partial charge in [-0.2, -0.15) is 0 Å². The smallest absolute Gasteiger partial charge is 0.291 e. The molecule has 0 atom stereocenters. The van der Waals surface area contributed by atoms with E-state index in [1.165, 1.54) is 19.2 Å². The lowest BCUT2D eigenvalue weighted by molar-refractivity contribution is 0.0996. The second kappa shape index (κ2) is 5.86. The van der Waals surface area contributed by atoms with Crippen LogP contribution in [0.1, 0.15) is 10.6 Å². The van der Waals surface area contributed by atoms with Crippen molar-refractivity contribution in [3.63, 3.8) is 0 Å². The van der Waals surface area contributed by atoms with E-state index in [9.17, 15) is 4.79 Å². The molecule has 19 heavy (non-hydrogen) atoms. The molecule has 0 saturated carbocycles. The molecule has 1 amide bonds. The minimum Gasteiger partial charge on any atom is -0.493 e. The van der Waals surface area contributed by atoms with Crippen molar-refractivity contribution in [3.05, 3.63) is 44.7 Å². The second-order valence-electron chi connectivity index (χ2n) is 3.53. The van der Waals surface area contributed by atoms with Crippen molar-refractivity contribution in [2.24, 2.45) is 0 Å². The van der Waals surface area contributed by atoms with Crippen molar-refractivity contribution in [1.82, 2.24) is 0 Å². The largest absolute Gasteiger partial charge is 0.493 e. The molecular weight excluding hydrogens is 357 g/mol. The third-order valence-electron chi connectivity index (χ3n) is 2.26. The molecule has 0 aliphatic heterocycles. The zero-order valence-electron chi connectivity index (χ0n) is 9.67. The molecule has 0 radical (unpaired) electrons. The SMILES string of the molecule is COc1c(Br)cc(Cl)cc1NC(=O)c1ccc(Cl)o1. The molecule has 1 aromatic heterocycles. The van der Waals surface area contributed by atoms with Gasteiger partial charge in [-0.1, -0.05) is 11.6 Å². The molecule has 0 aliphatic carbocycles. The van der Waals surface area contributed by atoms with Crippen LogP contribution < -0.4 is 10.1 Å². The molecule has 0 unspecified atom stereocenters. The van der Waals surface area contributed by atoms with E-state index in [1.54, 1.807) is 12.1 Å². The van der Waals surface area contributed by atoms with Crippen LogP contribution in [0.4, 0.5) is 5.69 Å². The number of nitrogens with one attached hydrogen (secondary N) is 1. The molecular formula is C12H8BrCl2NO3. The summed E-state index contributed by atoms with van der Waals surface area (Å²) in [4.78, 5) is 11.9. The highest BCUT2D eigenvalue weighted by Crippen LogP contribution is 2.36. The summed E-state index contributed by atoms with van der Waals surface area (Å²) in [7, 11) is 1.49. The predicted molar refractivity (Wildman–Crippen MR) is 77.4 cm³/mol. The van der Waals surface area contributed by atoms with E-state index in [0.717, 1.165) is 0 Å². The van der Waals surface area contributed by atoms with Crippen LogP contribution in [0.5, 0.6) is 5.75 Å². The first-order valence-corrected chi connectivity index (χ1v) is 6.66. The summed E-state index contributed by atoms with van der Waals surface area (Å²) in [5.74, 6) is 0.123. The third kappa shape index (κ3) is 3.23. The number of halogens is 3. The number of hydrogen-bond donors (Lipinski definition) is 1. The molecule has 1 aromatic carbocycles. The highest BCUT2D eigenvalue weighted by Gasteiger charge is 2.15. The minimum absolute atomic E-state index is 0.100. The molecule has 4 nitrogen and oxygen atoms in total. The van der Waals surface area contributed by atoms with E-state index in [1.807, 2.05) is 0 Å². The van der Waals surface area contributed by atoms with Gasteiger partial charge in [0.15, 0.2) is 16.7 Å². The van der Waals surface area contributed by atoms with Gasteiger partial charge < -0.3 is 14.5 Å². The van der Waals surface area contributed by atoms with Crippen molar-refractivity contribution >= 4 is 50.7 Å². The Morgan fingerprint density at radius 1 is 1.37 bits per heavy atom. The van der Waals surface area contributed by atoms with Gasteiger partial charge in [0.25, 0.3) is 5.91 Å². The molecule has 0 bridgehead atoms. The Morgan fingerprint density at radius 2 is 2.11 bits per heavy atom. The van der Waals surface area contributed by atoms with Crippen molar-refractivity contribution in [2.45, 2.75) is 0 Å². The number of benzene rings is 1. The van der Waals surface area contributed by atoms with Crippen LogP contribution in [-0.2, 0) is 0 Å². The molecule has 1 heterocycles. The van der Waals surface area contributed by atoms with Crippen LogP contribution in [0.15, 0.2) is 33.2 Å². The Morgan fingerprint density at radius 3 is 2.68 bits per heavy atom. The average Bonchev–Trinajstić information content (AvgIpc) is 2.75. The second-order valence-corrected chi connectivity index (χ2v) is 5.19. The number of anilines is 1. The minimum atomic E-state index is -0.445.